The van der Waals surface area contributed by atoms with Crippen molar-refractivity contribution in [2.75, 3.05) is 20.3 Å². The molecule has 0 aliphatic carbocycles. The molecule has 0 spiro atoms. The molecule has 3 aromatic carbocycles. The van der Waals surface area contributed by atoms with E-state index >= 15 is 0 Å². The first-order valence-corrected chi connectivity index (χ1v) is 12.4. The number of sulfonamides is 1. The van der Waals surface area contributed by atoms with E-state index in [9.17, 15) is 18.0 Å². The highest BCUT2D eigenvalue weighted by atomic mass is 32.2. The largest absolute Gasteiger partial charge is 0.468 e. The van der Waals surface area contributed by atoms with Crippen LogP contribution >= 0.6 is 0 Å². The van der Waals surface area contributed by atoms with Gasteiger partial charge in [-0.15, -0.1) is 0 Å². The second-order valence-corrected chi connectivity index (χ2v) is 9.52. The minimum atomic E-state index is -4.14. The monoisotopic (exact) mass is 497 g/mol. The van der Waals surface area contributed by atoms with Crippen molar-refractivity contribution in [1.29, 1.82) is 0 Å². The average molecular weight is 498 g/mol. The number of ether oxygens (including phenoxy) is 3. The topological polar surface area (TPSA) is 99.2 Å². The highest BCUT2D eigenvalue weighted by Gasteiger charge is 2.30. The molecule has 35 heavy (non-hydrogen) atoms. The molecule has 0 heterocycles. The zero-order valence-corrected chi connectivity index (χ0v) is 20.6. The van der Waals surface area contributed by atoms with Gasteiger partial charge in [0.2, 0.25) is 10.0 Å². The fourth-order valence-corrected chi connectivity index (χ4v) is 4.66. The van der Waals surface area contributed by atoms with Crippen molar-refractivity contribution in [3.8, 4) is 11.5 Å². The average Bonchev–Trinajstić information content (AvgIpc) is 2.85. The Balaban J connectivity index is 2.11. The number of para-hydroxylation sites is 1. The molecule has 3 rings (SSSR count). The van der Waals surface area contributed by atoms with Crippen molar-refractivity contribution in [3.05, 3.63) is 89.5 Å². The predicted octanol–water partition coefficient (Wildman–Crippen LogP) is 4.33. The van der Waals surface area contributed by atoms with E-state index in [-0.39, 0.29) is 34.9 Å². The van der Waals surface area contributed by atoms with Crippen LogP contribution in [0.25, 0.3) is 0 Å². The normalized spacial score (nSPS) is 11.2. The van der Waals surface area contributed by atoms with Gasteiger partial charge in [0.05, 0.1) is 24.2 Å². The summed E-state index contributed by atoms with van der Waals surface area (Å²) >= 11 is 0. The number of esters is 2. The molecule has 0 saturated carbocycles. The summed E-state index contributed by atoms with van der Waals surface area (Å²) in [5.41, 5.74) is 1.28. The van der Waals surface area contributed by atoms with Crippen LogP contribution < -0.4 is 4.74 Å². The zero-order chi connectivity index (χ0) is 25.4. The lowest BCUT2D eigenvalue weighted by Gasteiger charge is -2.24. The lowest BCUT2D eigenvalue weighted by molar-refractivity contribution is -0.140. The summed E-state index contributed by atoms with van der Waals surface area (Å²) in [6, 6.07) is 19.9. The minimum absolute atomic E-state index is 0.00569. The van der Waals surface area contributed by atoms with Gasteiger partial charge in [-0.25, -0.2) is 13.2 Å². The first kappa shape index (κ1) is 25.9. The number of benzene rings is 3. The van der Waals surface area contributed by atoms with E-state index in [1.165, 1.54) is 25.3 Å². The van der Waals surface area contributed by atoms with Gasteiger partial charge >= 0.3 is 11.9 Å². The Kier molecular flexibility index (Phi) is 8.62. The van der Waals surface area contributed by atoms with Gasteiger partial charge in [-0.1, -0.05) is 42.0 Å². The highest BCUT2D eigenvalue weighted by Crippen LogP contribution is 2.31. The molecule has 0 aliphatic rings. The van der Waals surface area contributed by atoms with Crippen LogP contribution in [0.1, 0.15) is 28.4 Å². The lowest BCUT2D eigenvalue weighted by Crippen LogP contribution is -2.36. The molecule has 3 aromatic rings. The minimum Gasteiger partial charge on any atom is -0.468 e. The van der Waals surface area contributed by atoms with Gasteiger partial charge in [-0.3, -0.25) is 4.79 Å². The van der Waals surface area contributed by atoms with Crippen molar-refractivity contribution < 1.29 is 32.2 Å². The number of methoxy groups -OCH3 is 1. The van der Waals surface area contributed by atoms with Crippen LogP contribution in [0.5, 0.6) is 11.5 Å². The van der Waals surface area contributed by atoms with Crippen LogP contribution in [-0.4, -0.2) is 44.9 Å². The maximum Gasteiger partial charge on any atom is 0.338 e. The Morgan fingerprint density at radius 3 is 2.23 bits per heavy atom. The number of rotatable bonds is 10. The van der Waals surface area contributed by atoms with Crippen molar-refractivity contribution >= 4 is 22.0 Å². The van der Waals surface area contributed by atoms with E-state index in [0.717, 1.165) is 9.87 Å². The number of hydrogen-bond acceptors (Lipinski definition) is 7. The molecule has 9 heteroatoms. The quantitative estimate of drug-likeness (QED) is 0.385. The van der Waals surface area contributed by atoms with Crippen molar-refractivity contribution in [1.82, 2.24) is 4.31 Å². The van der Waals surface area contributed by atoms with Gasteiger partial charge < -0.3 is 14.2 Å². The van der Waals surface area contributed by atoms with Gasteiger partial charge in [0.25, 0.3) is 0 Å². The number of hydrogen-bond donors (Lipinski definition) is 0. The second-order valence-electron chi connectivity index (χ2n) is 7.58. The molecular weight excluding hydrogens is 470 g/mol. The SMILES string of the molecule is CCOC(=O)c1cccc(Oc2ccccc2)c1CN(CC(=O)OC)S(=O)(=O)c1ccc(C)cc1. The third-order valence-corrected chi connectivity index (χ3v) is 6.93. The Morgan fingerprint density at radius 1 is 0.914 bits per heavy atom. The van der Waals surface area contributed by atoms with Crippen LogP contribution in [0.3, 0.4) is 0 Å². The summed E-state index contributed by atoms with van der Waals surface area (Å²) in [6.07, 6.45) is 0. The molecule has 0 N–H and O–H groups in total. The number of carbonyl (C=O) groups excluding carboxylic acids is 2. The molecule has 0 unspecified atom stereocenters. The Bertz CT molecular complexity index is 1270. The molecule has 0 aromatic heterocycles. The van der Waals surface area contributed by atoms with Crippen LogP contribution in [0.2, 0.25) is 0 Å². The van der Waals surface area contributed by atoms with Crippen LogP contribution in [0.4, 0.5) is 0 Å². The summed E-state index contributed by atoms with van der Waals surface area (Å²) < 4.78 is 44.0. The van der Waals surface area contributed by atoms with E-state index in [4.69, 9.17) is 14.2 Å². The van der Waals surface area contributed by atoms with Crippen LogP contribution in [0, 0.1) is 6.92 Å². The Labute approximate surface area is 205 Å². The summed E-state index contributed by atoms with van der Waals surface area (Å²) in [7, 11) is -2.96. The van der Waals surface area contributed by atoms with E-state index in [0.29, 0.717) is 5.75 Å². The highest BCUT2D eigenvalue weighted by molar-refractivity contribution is 7.89. The molecular formula is C26H27NO7S. The fraction of sp³-hybridized carbons (Fsp3) is 0.231. The van der Waals surface area contributed by atoms with Gasteiger partial charge in [0.1, 0.15) is 18.0 Å². The fourth-order valence-electron chi connectivity index (χ4n) is 3.31. The van der Waals surface area contributed by atoms with Crippen molar-refractivity contribution in [2.24, 2.45) is 0 Å². The molecule has 0 aliphatic heterocycles. The molecule has 0 fully saturated rings. The third kappa shape index (κ3) is 6.46. The second kappa shape index (κ2) is 11.6. The number of aryl methyl sites for hydroxylation is 1. The van der Waals surface area contributed by atoms with Gasteiger partial charge in [-0.2, -0.15) is 4.31 Å². The Morgan fingerprint density at radius 2 is 1.60 bits per heavy atom. The Hall–Kier alpha value is -3.69. The van der Waals surface area contributed by atoms with Crippen LogP contribution in [-0.2, 0) is 30.8 Å². The molecule has 0 atom stereocenters. The van der Waals surface area contributed by atoms with E-state index < -0.39 is 28.5 Å². The zero-order valence-electron chi connectivity index (χ0n) is 19.8. The lowest BCUT2D eigenvalue weighted by atomic mass is 10.1. The van der Waals surface area contributed by atoms with Crippen molar-refractivity contribution in [2.45, 2.75) is 25.3 Å². The molecule has 0 bridgehead atoms. The molecule has 0 amide bonds. The molecule has 0 radical (unpaired) electrons. The summed E-state index contributed by atoms with van der Waals surface area (Å²) in [5.74, 6) is -0.627. The maximum atomic E-state index is 13.5. The standard InChI is InChI=1S/C26H27NO7S/c1-4-33-26(29)22-11-8-12-24(34-20-9-6-5-7-10-20)23(22)17-27(18-25(28)32-3)35(30,31)21-15-13-19(2)14-16-21/h5-16H,4,17-18H2,1-3H3. The number of carbonyl (C=O) groups is 2. The molecule has 0 saturated heterocycles. The van der Waals surface area contributed by atoms with Gasteiger partial charge in [-0.05, 0) is 50.2 Å². The maximum absolute atomic E-state index is 13.5. The van der Waals surface area contributed by atoms with Crippen LogP contribution in [0.15, 0.2) is 77.7 Å². The van der Waals surface area contributed by atoms with E-state index in [2.05, 4.69) is 0 Å². The van der Waals surface area contributed by atoms with E-state index in [1.807, 2.05) is 13.0 Å². The van der Waals surface area contributed by atoms with Crippen molar-refractivity contribution in [3.63, 3.8) is 0 Å². The smallest absolute Gasteiger partial charge is 0.338 e. The molecule has 8 nitrogen and oxygen atoms in total. The first-order valence-electron chi connectivity index (χ1n) is 10.9. The summed E-state index contributed by atoms with van der Waals surface area (Å²) in [4.78, 5) is 24.9. The van der Waals surface area contributed by atoms with E-state index in [1.54, 1.807) is 55.5 Å². The predicted molar refractivity (Wildman–Crippen MR) is 130 cm³/mol. The van der Waals surface area contributed by atoms with Gasteiger partial charge in [0.15, 0.2) is 0 Å². The third-order valence-electron chi connectivity index (χ3n) is 5.13. The number of nitrogens with zero attached hydrogens (tertiary/aromatic N) is 1. The van der Waals surface area contributed by atoms with Gasteiger partial charge in [0, 0.05) is 12.1 Å². The first-order chi connectivity index (χ1) is 16.8. The summed E-state index contributed by atoms with van der Waals surface area (Å²) in [5, 5.41) is 0. The summed E-state index contributed by atoms with van der Waals surface area (Å²) in [6.45, 7) is 2.76. The molecule has 184 valence electrons.